The molecule has 0 saturated carbocycles. The van der Waals surface area contributed by atoms with E-state index in [9.17, 15) is 22.8 Å². The van der Waals surface area contributed by atoms with Crippen molar-refractivity contribution in [2.75, 3.05) is 25.0 Å². The van der Waals surface area contributed by atoms with Gasteiger partial charge >= 0.3 is 6.18 Å². The third-order valence-corrected chi connectivity index (χ3v) is 4.99. The summed E-state index contributed by atoms with van der Waals surface area (Å²) in [5, 5.41) is 19.8. The highest BCUT2D eigenvalue weighted by atomic mass is 19.4. The zero-order valence-corrected chi connectivity index (χ0v) is 21.0. The fourth-order valence-corrected chi connectivity index (χ4v) is 2.66. The highest BCUT2D eigenvalue weighted by Gasteiger charge is 2.38. The number of anilines is 1. The van der Waals surface area contributed by atoms with Gasteiger partial charge in [0.15, 0.2) is 5.69 Å². The van der Waals surface area contributed by atoms with Crippen molar-refractivity contribution in [3.05, 3.63) is 17.8 Å². The molecular weight excluding hydrogens is 449 g/mol. The number of nitrogens with zero attached hydrogens (tertiary/aromatic N) is 4. The van der Waals surface area contributed by atoms with E-state index in [4.69, 9.17) is 5.26 Å². The molecular formula is C23H37F3N6O2. The van der Waals surface area contributed by atoms with Crippen LogP contribution in [0.15, 0.2) is 12.1 Å². The molecule has 11 heteroatoms. The van der Waals surface area contributed by atoms with Crippen molar-refractivity contribution in [3.63, 3.8) is 0 Å². The first-order valence-electron chi connectivity index (χ1n) is 11.2. The molecule has 0 spiro atoms. The van der Waals surface area contributed by atoms with Gasteiger partial charge < -0.3 is 15.5 Å². The molecule has 0 aliphatic carbocycles. The first kappa shape index (κ1) is 31.1. The molecule has 2 heterocycles. The molecule has 2 amide bonds. The predicted molar refractivity (Wildman–Crippen MR) is 124 cm³/mol. The van der Waals surface area contributed by atoms with Crippen molar-refractivity contribution in [1.29, 1.82) is 5.26 Å². The molecule has 192 valence electrons. The minimum absolute atomic E-state index is 0.0111. The van der Waals surface area contributed by atoms with Gasteiger partial charge in [-0.25, -0.2) is 0 Å². The Morgan fingerprint density at radius 3 is 2.24 bits per heavy atom. The van der Waals surface area contributed by atoms with E-state index in [1.807, 2.05) is 13.0 Å². The van der Waals surface area contributed by atoms with Crippen LogP contribution in [-0.4, -0.2) is 53.1 Å². The Labute approximate surface area is 200 Å². The van der Waals surface area contributed by atoms with E-state index in [0.29, 0.717) is 31.8 Å². The Bertz CT molecular complexity index is 789. The standard InChI is InChI=1S/C14H19F3N4O.C5H8N2O.C4H10/c1-9-7-21(8-13(9,2)3)12(22)6-18-11-5-4-10(19-20-11)14(15,16)17;1-2-5(3-6)7-4-8;1-4(2)3/h4-5,9H,6-8H2,1-3H3,(H,18,20);4-5H,2H2,1H3,(H,7,8);4H,1-3H3. The molecule has 34 heavy (non-hydrogen) atoms. The van der Waals surface area contributed by atoms with Crippen LogP contribution in [0.4, 0.5) is 19.0 Å². The Balaban J connectivity index is 0.000000754. The normalized spacial score (nSPS) is 17.4. The van der Waals surface area contributed by atoms with Crippen molar-refractivity contribution in [3.8, 4) is 6.07 Å². The van der Waals surface area contributed by atoms with E-state index in [1.165, 1.54) is 6.07 Å². The largest absolute Gasteiger partial charge is 0.435 e. The maximum atomic E-state index is 12.4. The van der Waals surface area contributed by atoms with E-state index in [-0.39, 0.29) is 29.7 Å². The second-order valence-electron chi connectivity index (χ2n) is 9.43. The van der Waals surface area contributed by atoms with Crippen molar-refractivity contribution in [1.82, 2.24) is 20.4 Å². The Morgan fingerprint density at radius 1 is 1.32 bits per heavy atom. The number of hydrogen-bond donors (Lipinski definition) is 2. The fourth-order valence-electron chi connectivity index (χ4n) is 2.66. The number of likely N-dealkylation sites (tertiary alicyclic amines) is 1. The molecule has 2 atom stereocenters. The summed E-state index contributed by atoms with van der Waals surface area (Å²) in [6.45, 7) is 16.0. The van der Waals surface area contributed by atoms with Gasteiger partial charge in [0.1, 0.15) is 11.9 Å². The minimum atomic E-state index is -4.52. The quantitative estimate of drug-likeness (QED) is 0.586. The molecule has 0 aromatic carbocycles. The first-order chi connectivity index (χ1) is 15.7. The molecule has 1 saturated heterocycles. The van der Waals surface area contributed by atoms with Crippen LogP contribution in [0.3, 0.4) is 0 Å². The summed E-state index contributed by atoms with van der Waals surface area (Å²) in [5.74, 6) is 1.29. The summed E-state index contributed by atoms with van der Waals surface area (Å²) in [4.78, 5) is 23.5. The maximum absolute atomic E-state index is 12.4. The average molecular weight is 487 g/mol. The number of carbonyl (C=O) groups is 2. The molecule has 1 aromatic rings. The summed E-state index contributed by atoms with van der Waals surface area (Å²) >= 11 is 0. The number of hydrogen-bond acceptors (Lipinski definition) is 6. The SMILES string of the molecule is CC(C)C.CC1CN(C(=O)CNc2ccc(C(F)(F)F)nn2)CC1(C)C.CCC(C#N)NC=O. The van der Waals surface area contributed by atoms with Gasteiger partial charge in [-0.05, 0) is 35.8 Å². The Kier molecular flexibility index (Phi) is 13.2. The zero-order chi connectivity index (χ0) is 26.5. The number of alkyl halides is 3. The lowest BCUT2D eigenvalue weighted by Gasteiger charge is -2.22. The summed E-state index contributed by atoms with van der Waals surface area (Å²) in [7, 11) is 0. The summed E-state index contributed by atoms with van der Waals surface area (Å²) < 4.78 is 37.1. The van der Waals surface area contributed by atoms with Crippen LogP contribution >= 0.6 is 0 Å². The Hall–Kier alpha value is -2.90. The van der Waals surface area contributed by atoms with Crippen LogP contribution in [0.2, 0.25) is 0 Å². The van der Waals surface area contributed by atoms with E-state index in [1.54, 1.807) is 4.90 Å². The van der Waals surface area contributed by atoms with E-state index in [0.717, 1.165) is 12.0 Å². The lowest BCUT2D eigenvalue weighted by molar-refractivity contribution is -0.141. The maximum Gasteiger partial charge on any atom is 0.435 e. The molecule has 2 N–H and O–H groups in total. The number of halogens is 3. The van der Waals surface area contributed by atoms with Gasteiger partial charge in [0.05, 0.1) is 12.6 Å². The van der Waals surface area contributed by atoms with Crippen LogP contribution in [0.5, 0.6) is 0 Å². The van der Waals surface area contributed by atoms with Crippen molar-refractivity contribution < 1.29 is 22.8 Å². The molecule has 0 bridgehead atoms. The number of nitrogens with one attached hydrogen (secondary N) is 2. The van der Waals surface area contributed by atoms with Crippen molar-refractivity contribution >= 4 is 18.1 Å². The zero-order valence-electron chi connectivity index (χ0n) is 21.0. The molecule has 1 aliphatic rings. The lowest BCUT2D eigenvalue weighted by Crippen LogP contribution is -2.35. The summed E-state index contributed by atoms with van der Waals surface area (Å²) in [6.07, 6.45) is -3.31. The Morgan fingerprint density at radius 2 is 1.91 bits per heavy atom. The van der Waals surface area contributed by atoms with Gasteiger partial charge in [0.2, 0.25) is 12.3 Å². The number of aromatic nitrogens is 2. The average Bonchev–Trinajstić information content (AvgIpc) is 3.02. The molecule has 2 rings (SSSR count). The smallest absolute Gasteiger partial charge is 0.360 e. The first-order valence-corrected chi connectivity index (χ1v) is 11.2. The van der Waals surface area contributed by atoms with Gasteiger partial charge in [-0.2, -0.15) is 18.4 Å². The minimum Gasteiger partial charge on any atom is -0.360 e. The van der Waals surface area contributed by atoms with Crippen LogP contribution in [-0.2, 0) is 15.8 Å². The molecule has 8 nitrogen and oxygen atoms in total. The van der Waals surface area contributed by atoms with Gasteiger partial charge in [-0.1, -0.05) is 48.5 Å². The van der Waals surface area contributed by atoms with Crippen LogP contribution < -0.4 is 10.6 Å². The summed E-state index contributed by atoms with van der Waals surface area (Å²) in [5.41, 5.74) is -0.983. The highest BCUT2D eigenvalue weighted by Crippen LogP contribution is 2.34. The van der Waals surface area contributed by atoms with E-state index >= 15 is 0 Å². The van der Waals surface area contributed by atoms with Crippen LogP contribution in [0.25, 0.3) is 0 Å². The molecule has 1 aromatic heterocycles. The van der Waals surface area contributed by atoms with Gasteiger partial charge in [-0.15, -0.1) is 10.2 Å². The van der Waals surface area contributed by atoms with E-state index in [2.05, 4.69) is 62.4 Å². The summed E-state index contributed by atoms with van der Waals surface area (Å²) in [6, 6.07) is 3.60. The van der Waals surface area contributed by atoms with Crippen LogP contribution in [0.1, 0.15) is 60.6 Å². The molecule has 2 unspecified atom stereocenters. The van der Waals surface area contributed by atoms with Crippen molar-refractivity contribution in [2.24, 2.45) is 17.3 Å². The van der Waals surface area contributed by atoms with Crippen molar-refractivity contribution in [2.45, 2.75) is 67.1 Å². The molecule has 1 fully saturated rings. The predicted octanol–water partition coefficient (Wildman–Crippen LogP) is 4.11. The van der Waals surface area contributed by atoms with Gasteiger partial charge in [-0.3, -0.25) is 9.59 Å². The van der Waals surface area contributed by atoms with Crippen LogP contribution in [0, 0.1) is 28.6 Å². The fraction of sp³-hybridized carbons (Fsp3) is 0.696. The topological polar surface area (TPSA) is 111 Å². The second kappa shape index (κ2) is 14.4. The number of rotatable bonds is 6. The van der Waals surface area contributed by atoms with Gasteiger partial charge in [0, 0.05) is 13.1 Å². The number of carbonyl (C=O) groups excluding carboxylic acids is 2. The van der Waals surface area contributed by atoms with E-state index < -0.39 is 11.9 Å². The number of amides is 2. The number of nitriles is 1. The molecule has 0 radical (unpaired) electrons. The monoisotopic (exact) mass is 486 g/mol. The third kappa shape index (κ3) is 11.8. The van der Waals surface area contributed by atoms with Gasteiger partial charge in [0.25, 0.3) is 0 Å². The lowest BCUT2D eigenvalue weighted by atomic mass is 9.84. The highest BCUT2D eigenvalue weighted by molar-refractivity contribution is 5.81. The second-order valence-corrected chi connectivity index (χ2v) is 9.43. The third-order valence-electron chi connectivity index (χ3n) is 4.99. The molecule has 1 aliphatic heterocycles.